The molecule has 1 heterocycles. The minimum Gasteiger partial charge on any atom is -0.441 e. The Morgan fingerprint density at radius 2 is 1.90 bits per heavy atom. The van der Waals surface area contributed by atoms with Gasteiger partial charge in [0.2, 0.25) is 10.0 Å². The Bertz CT molecular complexity index is 678. The predicted molar refractivity (Wildman–Crippen MR) is 77.2 cm³/mol. The third-order valence-corrected chi connectivity index (χ3v) is 4.80. The van der Waals surface area contributed by atoms with Crippen LogP contribution in [-0.2, 0) is 16.4 Å². The zero-order valence-corrected chi connectivity index (χ0v) is 12.8. The number of sulfonamides is 1. The lowest BCUT2D eigenvalue weighted by Gasteiger charge is -2.11. The van der Waals surface area contributed by atoms with Crippen LogP contribution in [0.2, 0.25) is 0 Å². The van der Waals surface area contributed by atoms with E-state index >= 15 is 0 Å². The Hall–Kier alpha value is -1.37. The quantitative estimate of drug-likeness (QED) is 0.795. The molecule has 0 radical (unpaired) electrons. The van der Waals surface area contributed by atoms with E-state index in [1.807, 2.05) is 0 Å². The van der Waals surface area contributed by atoms with E-state index in [0.29, 0.717) is 24.0 Å². The molecule has 0 spiro atoms. The van der Waals surface area contributed by atoms with Crippen LogP contribution in [0.15, 0.2) is 39.8 Å². The summed E-state index contributed by atoms with van der Waals surface area (Å²) in [6.07, 6.45) is 2.17. The van der Waals surface area contributed by atoms with Gasteiger partial charge in [0, 0.05) is 32.0 Å². The molecule has 7 heteroatoms. The number of oxazole rings is 1. The van der Waals surface area contributed by atoms with Gasteiger partial charge in [0.15, 0.2) is 11.7 Å². The molecule has 0 amide bonds. The Morgan fingerprint density at radius 3 is 2.45 bits per heavy atom. The molecular formula is C13H15ClN2O3S. The van der Waals surface area contributed by atoms with E-state index in [4.69, 9.17) is 16.0 Å². The van der Waals surface area contributed by atoms with Crippen molar-refractivity contribution in [1.82, 2.24) is 9.29 Å². The van der Waals surface area contributed by atoms with Gasteiger partial charge in [-0.15, -0.1) is 11.6 Å². The molecule has 0 saturated heterocycles. The lowest BCUT2D eigenvalue weighted by molar-refractivity contribution is 0.514. The van der Waals surface area contributed by atoms with Gasteiger partial charge in [-0.3, -0.25) is 0 Å². The first-order valence-electron chi connectivity index (χ1n) is 5.99. The van der Waals surface area contributed by atoms with Crippen molar-refractivity contribution in [3.8, 4) is 11.3 Å². The number of aromatic nitrogens is 1. The number of halogens is 1. The van der Waals surface area contributed by atoms with Crippen LogP contribution in [0.25, 0.3) is 11.3 Å². The molecule has 0 atom stereocenters. The van der Waals surface area contributed by atoms with E-state index in [1.165, 1.54) is 18.4 Å². The number of hydrogen-bond donors (Lipinski definition) is 0. The van der Waals surface area contributed by atoms with Gasteiger partial charge >= 0.3 is 0 Å². The first-order valence-corrected chi connectivity index (χ1v) is 7.96. The predicted octanol–water partition coefficient (Wildman–Crippen LogP) is 2.37. The second-order valence-corrected chi connectivity index (χ2v) is 6.90. The van der Waals surface area contributed by atoms with E-state index in [9.17, 15) is 8.42 Å². The maximum atomic E-state index is 11.9. The van der Waals surface area contributed by atoms with Gasteiger partial charge in [-0.25, -0.2) is 17.7 Å². The summed E-state index contributed by atoms with van der Waals surface area (Å²) < 4.78 is 30.6. The molecule has 0 aliphatic rings. The van der Waals surface area contributed by atoms with Crippen LogP contribution in [0.3, 0.4) is 0 Å². The minimum atomic E-state index is -3.41. The third-order valence-electron chi connectivity index (χ3n) is 2.78. The monoisotopic (exact) mass is 314 g/mol. The van der Waals surface area contributed by atoms with Crippen LogP contribution in [0, 0.1) is 0 Å². The highest BCUT2D eigenvalue weighted by molar-refractivity contribution is 7.89. The molecule has 20 heavy (non-hydrogen) atoms. The molecule has 2 aromatic rings. The zero-order valence-electron chi connectivity index (χ0n) is 11.2. The molecule has 0 N–H and O–H groups in total. The van der Waals surface area contributed by atoms with Crippen LogP contribution >= 0.6 is 11.6 Å². The normalized spacial score (nSPS) is 12.0. The lowest BCUT2D eigenvalue weighted by atomic mass is 10.2. The first-order chi connectivity index (χ1) is 9.45. The van der Waals surface area contributed by atoms with Crippen LogP contribution in [0.1, 0.15) is 5.89 Å². The average Bonchev–Trinajstić information content (AvgIpc) is 2.88. The van der Waals surface area contributed by atoms with Gasteiger partial charge in [0.05, 0.1) is 11.1 Å². The van der Waals surface area contributed by atoms with Crippen LogP contribution in [0.5, 0.6) is 0 Å². The molecule has 0 aliphatic carbocycles. The molecule has 0 aliphatic heterocycles. The Labute approximate surface area is 123 Å². The second kappa shape index (κ2) is 5.95. The molecule has 0 bridgehead atoms. The van der Waals surface area contributed by atoms with Gasteiger partial charge in [-0.1, -0.05) is 0 Å². The topological polar surface area (TPSA) is 63.4 Å². The molecule has 0 fully saturated rings. The Kier molecular flexibility index (Phi) is 4.47. The highest BCUT2D eigenvalue weighted by Crippen LogP contribution is 2.23. The fourth-order valence-electron chi connectivity index (χ4n) is 1.64. The first kappa shape index (κ1) is 15.0. The van der Waals surface area contributed by atoms with Crippen molar-refractivity contribution in [3.63, 3.8) is 0 Å². The summed E-state index contributed by atoms with van der Waals surface area (Å²) in [6.45, 7) is 0. The van der Waals surface area contributed by atoms with E-state index in [2.05, 4.69) is 4.98 Å². The molecule has 5 nitrogen and oxygen atoms in total. The van der Waals surface area contributed by atoms with Crippen LogP contribution in [0.4, 0.5) is 0 Å². The summed E-state index contributed by atoms with van der Waals surface area (Å²) in [5.74, 6) is 1.61. The number of benzene rings is 1. The SMILES string of the molecule is CN(C)S(=O)(=O)c1ccc(-c2cnc(CCCl)o2)cc1. The lowest BCUT2D eigenvalue weighted by Crippen LogP contribution is -2.22. The Balaban J connectivity index is 2.28. The summed E-state index contributed by atoms with van der Waals surface area (Å²) in [6, 6.07) is 6.49. The van der Waals surface area contributed by atoms with Crippen molar-refractivity contribution >= 4 is 21.6 Å². The molecule has 0 unspecified atom stereocenters. The third kappa shape index (κ3) is 3.03. The maximum Gasteiger partial charge on any atom is 0.242 e. The number of rotatable bonds is 5. The maximum absolute atomic E-state index is 11.9. The van der Waals surface area contributed by atoms with Gasteiger partial charge in [-0.2, -0.15) is 0 Å². The minimum absolute atomic E-state index is 0.242. The van der Waals surface area contributed by atoms with E-state index < -0.39 is 10.0 Å². The van der Waals surface area contributed by atoms with Crippen LogP contribution in [-0.4, -0.2) is 37.7 Å². The van der Waals surface area contributed by atoms with Crippen molar-refractivity contribution in [2.75, 3.05) is 20.0 Å². The molecular weight excluding hydrogens is 300 g/mol. The van der Waals surface area contributed by atoms with Crippen molar-refractivity contribution in [2.24, 2.45) is 0 Å². The molecule has 1 aromatic heterocycles. The fraction of sp³-hybridized carbons (Fsp3) is 0.308. The second-order valence-electron chi connectivity index (χ2n) is 4.37. The number of alkyl halides is 1. The summed E-state index contributed by atoms with van der Waals surface area (Å²) in [5.41, 5.74) is 0.774. The molecule has 2 rings (SSSR count). The van der Waals surface area contributed by atoms with E-state index in [-0.39, 0.29) is 4.90 Å². The van der Waals surface area contributed by atoms with E-state index in [0.717, 1.165) is 5.56 Å². The molecule has 1 aromatic carbocycles. The number of hydrogen-bond acceptors (Lipinski definition) is 4. The van der Waals surface area contributed by atoms with Crippen molar-refractivity contribution in [3.05, 3.63) is 36.4 Å². The Morgan fingerprint density at radius 1 is 1.25 bits per heavy atom. The van der Waals surface area contributed by atoms with Crippen molar-refractivity contribution in [1.29, 1.82) is 0 Å². The summed E-state index contributed by atoms with van der Waals surface area (Å²) >= 11 is 5.62. The van der Waals surface area contributed by atoms with Crippen molar-refractivity contribution in [2.45, 2.75) is 11.3 Å². The fourth-order valence-corrected chi connectivity index (χ4v) is 2.71. The van der Waals surface area contributed by atoms with Gasteiger partial charge in [-0.05, 0) is 24.3 Å². The van der Waals surface area contributed by atoms with Gasteiger partial charge < -0.3 is 4.42 Å². The summed E-state index contributed by atoms with van der Waals surface area (Å²) in [7, 11) is -0.413. The van der Waals surface area contributed by atoms with Gasteiger partial charge in [0.25, 0.3) is 0 Å². The highest BCUT2D eigenvalue weighted by atomic mass is 35.5. The number of aryl methyl sites for hydroxylation is 1. The summed E-state index contributed by atoms with van der Waals surface area (Å²) in [4.78, 5) is 4.35. The van der Waals surface area contributed by atoms with E-state index in [1.54, 1.807) is 30.5 Å². The largest absolute Gasteiger partial charge is 0.441 e. The average molecular weight is 315 g/mol. The highest BCUT2D eigenvalue weighted by Gasteiger charge is 2.17. The zero-order chi connectivity index (χ0) is 14.8. The molecule has 0 saturated carbocycles. The molecule has 108 valence electrons. The van der Waals surface area contributed by atoms with Gasteiger partial charge in [0.1, 0.15) is 0 Å². The number of nitrogens with zero attached hydrogens (tertiary/aromatic N) is 2. The summed E-state index contributed by atoms with van der Waals surface area (Å²) in [5, 5.41) is 0. The van der Waals surface area contributed by atoms with Crippen LogP contribution < -0.4 is 0 Å². The smallest absolute Gasteiger partial charge is 0.242 e. The standard InChI is InChI=1S/C13H15ClN2O3S/c1-16(2)20(17,18)11-5-3-10(4-6-11)12-9-15-13(19-12)7-8-14/h3-6,9H,7-8H2,1-2H3. The van der Waals surface area contributed by atoms with Crippen molar-refractivity contribution < 1.29 is 12.8 Å².